The van der Waals surface area contributed by atoms with Crippen molar-refractivity contribution in [2.45, 2.75) is 59.4 Å². The van der Waals surface area contributed by atoms with Crippen molar-refractivity contribution in [3.05, 3.63) is 29.3 Å². The summed E-state index contributed by atoms with van der Waals surface area (Å²) < 4.78 is 17.3. The predicted octanol–water partition coefficient (Wildman–Crippen LogP) is 4.24. The quantitative estimate of drug-likeness (QED) is 0.545. The zero-order valence-corrected chi connectivity index (χ0v) is 16.9. The summed E-state index contributed by atoms with van der Waals surface area (Å²) in [6.45, 7) is 11.2. The molecule has 2 rings (SSSR count). The van der Waals surface area contributed by atoms with Gasteiger partial charge in [0, 0.05) is 5.56 Å². The fourth-order valence-corrected chi connectivity index (χ4v) is 3.79. The maximum absolute atomic E-state index is 11.8. The van der Waals surface area contributed by atoms with Crippen molar-refractivity contribution in [2.75, 3.05) is 7.11 Å². The molecule has 1 saturated carbocycles. The van der Waals surface area contributed by atoms with E-state index in [1.807, 2.05) is 12.1 Å². The van der Waals surface area contributed by atoms with Gasteiger partial charge < -0.3 is 13.9 Å². The zero-order valence-electron chi connectivity index (χ0n) is 15.7. The lowest BCUT2D eigenvalue weighted by molar-refractivity contribution is -0.146. The molecule has 5 heteroatoms. The largest absolute Gasteiger partial charge is 0.496 e. The molecule has 1 unspecified atom stereocenters. The molecule has 1 fully saturated rings. The van der Waals surface area contributed by atoms with Crippen LogP contribution in [-0.4, -0.2) is 22.1 Å². The molecule has 1 aromatic carbocycles. The summed E-state index contributed by atoms with van der Waals surface area (Å²) in [6, 6.07) is 5.96. The Balaban J connectivity index is 2.23. The lowest BCUT2D eigenvalue weighted by Gasteiger charge is -2.34. The molecule has 1 aliphatic carbocycles. The first kappa shape index (κ1) is 19.0. The molecule has 0 N–H and O–H groups in total. The van der Waals surface area contributed by atoms with Crippen molar-refractivity contribution in [2.24, 2.45) is 11.3 Å². The van der Waals surface area contributed by atoms with E-state index in [2.05, 4.69) is 39.9 Å². The van der Waals surface area contributed by atoms with E-state index in [0.29, 0.717) is 6.61 Å². The highest BCUT2D eigenvalue weighted by atomic mass is 28.3. The molecule has 0 radical (unpaired) electrons. The fraction of sp³-hybridized carbons (Fsp3) is 0.632. The zero-order chi connectivity index (χ0) is 17.9. The minimum absolute atomic E-state index is 0.0433. The molecule has 4 nitrogen and oxygen atoms in total. The Labute approximate surface area is 147 Å². The SMILES string of the molecule is COc1ccc(COC(=O)C2CC2)cc1C(O[SiH](C)C)C(C)(C)C. The van der Waals surface area contributed by atoms with Crippen LogP contribution in [0.3, 0.4) is 0 Å². The Kier molecular flexibility index (Phi) is 6.10. The number of methoxy groups -OCH3 is 1. The van der Waals surface area contributed by atoms with Gasteiger partial charge >= 0.3 is 5.97 Å². The number of hydrogen-bond donors (Lipinski definition) is 0. The average molecular weight is 351 g/mol. The van der Waals surface area contributed by atoms with Gasteiger partial charge in [-0.3, -0.25) is 4.79 Å². The number of carbonyl (C=O) groups excluding carboxylic acids is 1. The van der Waals surface area contributed by atoms with Crippen LogP contribution in [0.25, 0.3) is 0 Å². The van der Waals surface area contributed by atoms with Crippen LogP contribution >= 0.6 is 0 Å². The van der Waals surface area contributed by atoms with E-state index in [1.54, 1.807) is 7.11 Å². The summed E-state index contributed by atoms with van der Waals surface area (Å²) in [6.07, 6.45) is 1.88. The maximum Gasteiger partial charge on any atom is 0.309 e. The van der Waals surface area contributed by atoms with Crippen LogP contribution in [-0.2, 0) is 20.6 Å². The molecule has 1 aliphatic rings. The highest BCUT2D eigenvalue weighted by Crippen LogP contribution is 2.41. The highest BCUT2D eigenvalue weighted by Gasteiger charge is 2.32. The van der Waals surface area contributed by atoms with E-state index in [1.165, 1.54) is 0 Å². The Morgan fingerprint density at radius 1 is 1.29 bits per heavy atom. The van der Waals surface area contributed by atoms with Gasteiger partial charge in [0.2, 0.25) is 0 Å². The molecule has 0 amide bonds. The maximum atomic E-state index is 11.8. The second kappa shape index (κ2) is 7.70. The van der Waals surface area contributed by atoms with Crippen LogP contribution < -0.4 is 4.74 Å². The summed E-state index contributed by atoms with van der Waals surface area (Å²) in [5, 5.41) is 0. The van der Waals surface area contributed by atoms with Crippen LogP contribution in [0.2, 0.25) is 13.1 Å². The molecule has 1 atom stereocenters. The van der Waals surface area contributed by atoms with Crippen molar-refractivity contribution in [3.8, 4) is 5.75 Å². The van der Waals surface area contributed by atoms with Gasteiger partial charge in [0.15, 0.2) is 9.04 Å². The molecular formula is C19H30O4Si. The first-order valence-corrected chi connectivity index (χ1v) is 11.5. The van der Waals surface area contributed by atoms with E-state index in [-0.39, 0.29) is 23.4 Å². The molecule has 134 valence electrons. The van der Waals surface area contributed by atoms with Crippen LogP contribution in [0, 0.1) is 11.3 Å². The predicted molar refractivity (Wildman–Crippen MR) is 97.7 cm³/mol. The summed E-state index contributed by atoms with van der Waals surface area (Å²) in [5.41, 5.74) is 1.96. The third-order valence-electron chi connectivity index (χ3n) is 4.06. The Morgan fingerprint density at radius 3 is 2.46 bits per heavy atom. The van der Waals surface area contributed by atoms with Crippen LogP contribution in [0.1, 0.15) is 50.8 Å². The van der Waals surface area contributed by atoms with Gasteiger partial charge in [-0.1, -0.05) is 26.8 Å². The molecule has 24 heavy (non-hydrogen) atoms. The van der Waals surface area contributed by atoms with Gasteiger partial charge in [-0.2, -0.15) is 0 Å². The monoisotopic (exact) mass is 350 g/mol. The summed E-state index contributed by atoms with van der Waals surface area (Å²) in [7, 11) is 0.455. The Bertz CT molecular complexity index is 573. The molecule has 1 aromatic rings. The second-order valence-corrected chi connectivity index (χ2v) is 10.3. The summed E-state index contributed by atoms with van der Waals surface area (Å²) in [4.78, 5) is 11.8. The van der Waals surface area contributed by atoms with Crippen LogP contribution in [0.4, 0.5) is 0 Å². The molecule has 0 saturated heterocycles. The first-order chi connectivity index (χ1) is 11.2. The van der Waals surface area contributed by atoms with Crippen molar-refractivity contribution in [1.29, 1.82) is 0 Å². The topological polar surface area (TPSA) is 44.8 Å². The summed E-state index contributed by atoms with van der Waals surface area (Å²) in [5.74, 6) is 0.868. The van der Waals surface area contributed by atoms with Gasteiger partial charge in [-0.25, -0.2) is 0 Å². The Hall–Kier alpha value is -1.33. The second-order valence-electron chi connectivity index (χ2n) is 7.89. The molecule has 0 aromatic heterocycles. The third-order valence-corrected chi connectivity index (χ3v) is 4.88. The minimum Gasteiger partial charge on any atom is -0.496 e. The molecule has 0 bridgehead atoms. The highest BCUT2D eigenvalue weighted by molar-refractivity contribution is 6.48. The number of benzene rings is 1. The number of hydrogen-bond acceptors (Lipinski definition) is 4. The van der Waals surface area contributed by atoms with E-state index in [4.69, 9.17) is 13.9 Å². The normalized spacial score (nSPS) is 16.1. The number of ether oxygens (including phenoxy) is 2. The van der Waals surface area contributed by atoms with Crippen molar-refractivity contribution in [3.63, 3.8) is 0 Å². The van der Waals surface area contributed by atoms with Crippen molar-refractivity contribution < 1.29 is 18.7 Å². The molecule has 0 spiro atoms. The summed E-state index contributed by atoms with van der Waals surface area (Å²) >= 11 is 0. The van der Waals surface area contributed by atoms with E-state index in [9.17, 15) is 4.79 Å². The van der Waals surface area contributed by atoms with Gasteiger partial charge in [0.1, 0.15) is 12.4 Å². The molecule has 0 aliphatic heterocycles. The van der Waals surface area contributed by atoms with Crippen LogP contribution in [0.15, 0.2) is 18.2 Å². The third kappa shape index (κ3) is 5.08. The van der Waals surface area contributed by atoms with E-state index >= 15 is 0 Å². The smallest absolute Gasteiger partial charge is 0.309 e. The minimum atomic E-state index is -1.22. The Morgan fingerprint density at radius 2 is 1.96 bits per heavy atom. The van der Waals surface area contributed by atoms with Crippen molar-refractivity contribution >= 4 is 15.0 Å². The first-order valence-electron chi connectivity index (χ1n) is 8.71. The standard InChI is InChI=1S/C19H30O4Si/c1-19(2,3)17(23-24(5)6)15-11-13(7-10-16(15)21-4)12-22-18(20)14-8-9-14/h7,10-11,14,17,24H,8-9,12H2,1-6H3. The van der Waals surface area contributed by atoms with Gasteiger partial charge in [0.25, 0.3) is 0 Å². The molecular weight excluding hydrogens is 320 g/mol. The van der Waals surface area contributed by atoms with Crippen molar-refractivity contribution in [1.82, 2.24) is 0 Å². The number of esters is 1. The number of carbonyl (C=O) groups is 1. The van der Waals surface area contributed by atoms with Gasteiger partial charge in [0.05, 0.1) is 19.1 Å². The number of rotatable bonds is 7. The average Bonchev–Trinajstić information content (AvgIpc) is 3.33. The fourth-order valence-electron chi connectivity index (χ4n) is 2.69. The van der Waals surface area contributed by atoms with Gasteiger partial charge in [-0.15, -0.1) is 0 Å². The van der Waals surface area contributed by atoms with E-state index < -0.39 is 9.04 Å². The van der Waals surface area contributed by atoms with E-state index in [0.717, 1.165) is 29.7 Å². The lowest BCUT2D eigenvalue weighted by Crippen LogP contribution is -2.26. The lowest BCUT2D eigenvalue weighted by atomic mass is 9.84. The van der Waals surface area contributed by atoms with Gasteiger partial charge in [-0.05, 0) is 49.0 Å². The van der Waals surface area contributed by atoms with Crippen LogP contribution in [0.5, 0.6) is 5.75 Å². The molecule has 0 heterocycles.